The van der Waals surface area contributed by atoms with E-state index < -0.39 is 0 Å². The minimum Gasteiger partial charge on any atom is -0.494 e. The number of hydrogen-bond acceptors (Lipinski definition) is 1. The maximum Gasteiger partial charge on any atom is 0.120 e. The largest absolute Gasteiger partial charge is 0.494 e. The number of benzene rings is 2. The SMILES string of the molecule is CCOc1ccc(C(Br)c2ccccc2CC)c(Br)c1. The molecule has 106 valence electrons. The zero-order chi connectivity index (χ0) is 14.5. The van der Waals surface area contributed by atoms with Crippen molar-refractivity contribution in [2.24, 2.45) is 0 Å². The van der Waals surface area contributed by atoms with E-state index in [1.807, 2.05) is 19.1 Å². The summed E-state index contributed by atoms with van der Waals surface area (Å²) in [6.45, 7) is 4.86. The molecule has 1 atom stereocenters. The van der Waals surface area contributed by atoms with E-state index >= 15 is 0 Å². The predicted octanol–water partition coefficient (Wildman–Crippen LogP) is 5.89. The van der Waals surface area contributed by atoms with Crippen molar-refractivity contribution < 1.29 is 4.74 Å². The molecule has 0 heterocycles. The van der Waals surface area contributed by atoms with Crippen LogP contribution < -0.4 is 4.74 Å². The van der Waals surface area contributed by atoms with Crippen LogP contribution in [-0.2, 0) is 6.42 Å². The van der Waals surface area contributed by atoms with Crippen molar-refractivity contribution in [1.82, 2.24) is 0 Å². The highest BCUT2D eigenvalue weighted by Gasteiger charge is 2.16. The van der Waals surface area contributed by atoms with Crippen LogP contribution in [0.2, 0.25) is 0 Å². The van der Waals surface area contributed by atoms with Gasteiger partial charge in [0.25, 0.3) is 0 Å². The second-order valence-electron chi connectivity index (χ2n) is 4.53. The molecule has 0 aliphatic rings. The normalized spacial score (nSPS) is 12.2. The summed E-state index contributed by atoms with van der Waals surface area (Å²) in [4.78, 5) is 0.184. The second-order valence-corrected chi connectivity index (χ2v) is 6.30. The van der Waals surface area contributed by atoms with E-state index in [1.165, 1.54) is 16.7 Å². The van der Waals surface area contributed by atoms with Crippen LogP contribution in [0.1, 0.15) is 35.4 Å². The van der Waals surface area contributed by atoms with Gasteiger partial charge in [0, 0.05) is 4.47 Å². The quantitative estimate of drug-likeness (QED) is 0.571. The summed E-state index contributed by atoms with van der Waals surface area (Å²) in [6.07, 6.45) is 1.03. The monoisotopic (exact) mass is 396 g/mol. The molecule has 0 fully saturated rings. The fraction of sp³-hybridized carbons (Fsp3) is 0.294. The van der Waals surface area contributed by atoms with Gasteiger partial charge in [-0.3, -0.25) is 0 Å². The summed E-state index contributed by atoms with van der Waals surface area (Å²) in [5.74, 6) is 0.895. The smallest absolute Gasteiger partial charge is 0.120 e. The molecule has 0 aliphatic heterocycles. The molecule has 3 heteroatoms. The third-order valence-electron chi connectivity index (χ3n) is 3.27. The van der Waals surface area contributed by atoms with E-state index in [0.717, 1.165) is 16.6 Å². The van der Waals surface area contributed by atoms with Gasteiger partial charge in [0.05, 0.1) is 11.4 Å². The van der Waals surface area contributed by atoms with Crippen molar-refractivity contribution in [3.8, 4) is 5.75 Å². The molecule has 2 aromatic carbocycles. The third kappa shape index (κ3) is 3.44. The number of aryl methyl sites for hydroxylation is 1. The van der Waals surface area contributed by atoms with Crippen LogP contribution in [0.25, 0.3) is 0 Å². The van der Waals surface area contributed by atoms with Crippen molar-refractivity contribution in [2.75, 3.05) is 6.61 Å². The molecule has 20 heavy (non-hydrogen) atoms. The maximum absolute atomic E-state index is 5.53. The van der Waals surface area contributed by atoms with Crippen molar-refractivity contribution in [3.63, 3.8) is 0 Å². The number of ether oxygens (including phenoxy) is 1. The minimum atomic E-state index is 0.184. The summed E-state index contributed by atoms with van der Waals surface area (Å²) in [5.41, 5.74) is 3.91. The molecule has 0 saturated heterocycles. The van der Waals surface area contributed by atoms with E-state index in [2.05, 4.69) is 69.1 Å². The summed E-state index contributed by atoms with van der Waals surface area (Å²) < 4.78 is 6.59. The van der Waals surface area contributed by atoms with Crippen LogP contribution >= 0.6 is 31.9 Å². The van der Waals surface area contributed by atoms with Crippen LogP contribution in [0.3, 0.4) is 0 Å². The lowest BCUT2D eigenvalue weighted by Crippen LogP contribution is -1.99. The average molecular weight is 398 g/mol. The van der Waals surface area contributed by atoms with Gasteiger partial charge in [-0.2, -0.15) is 0 Å². The highest BCUT2D eigenvalue weighted by atomic mass is 79.9. The van der Waals surface area contributed by atoms with Crippen LogP contribution in [0, 0.1) is 0 Å². The summed E-state index contributed by atoms with van der Waals surface area (Å²) >= 11 is 7.48. The van der Waals surface area contributed by atoms with Crippen molar-refractivity contribution in [1.29, 1.82) is 0 Å². The lowest BCUT2D eigenvalue weighted by molar-refractivity contribution is 0.340. The molecule has 0 aliphatic carbocycles. The Morgan fingerprint density at radius 3 is 2.45 bits per heavy atom. The predicted molar refractivity (Wildman–Crippen MR) is 91.9 cm³/mol. The highest BCUT2D eigenvalue weighted by Crippen LogP contribution is 2.38. The standard InChI is InChI=1S/C17H18Br2O/c1-3-12-7-5-6-8-14(12)17(19)15-10-9-13(20-4-2)11-16(15)18/h5-11,17H,3-4H2,1-2H3. The Hall–Kier alpha value is -0.800. The first kappa shape index (κ1) is 15.6. The van der Waals surface area contributed by atoms with Gasteiger partial charge in [0.2, 0.25) is 0 Å². The number of rotatable bonds is 5. The van der Waals surface area contributed by atoms with Gasteiger partial charge in [-0.05, 0) is 42.2 Å². The lowest BCUT2D eigenvalue weighted by atomic mass is 9.98. The Morgan fingerprint density at radius 2 is 1.80 bits per heavy atom. The summed E-state index contributed by atoms with van der Waals surface area (Å²) in [6, 6.07) is 14.7. The average Bonchev–Trinajstić information content (AvgIpc) is 2.47. The molecule has 0 radical (unpaired) electrons. The van der Waals surface area contributed by atoms with E-state index in [0.29, 0.717) is 6.61 Å². The first-order chi connectivity index (χ1) is 9.67. The molecule has 0 aromatic heterocycles. The Balaban J connectivity index is 2.35. The Labute approximate surface area is 137 Å². The molecule has 0 spiro atoms. The van der Waals surface area contributed by atoms with E-state index in [1.54, 1.807) is 0 Å². The van der Waals surface area contributed by atoms with Gasteiger partial charge in [0.15, 0.2) is 0 Å². The van der Waals surface area contributed by atoms with Gasteiger partial charge in [-0.15, -0.1) is 0 Å². The number of hydrogen-bond donors (Lipinski definition) is 0. The van der Waals surface area contributed by atoms with E-state index in [9.17, 15) is 0 Å². The number of alkyl halides is 1. The first-order valence-electron chi connectivity index (χ1n) is 6.81. The third-order valence-corrected chi connectivity index (χ3v) is 4.94. The molecule has 0 amide bonds. The molecule has 1 unspecified atom stereocenters. The fourth-order valence-electron chi connectivity index (χ4n) is 2.24. The molecular weight excluding hydrogens is 380 g/mol. The minimum absolute atomic E-state index is 0.184. The Bertz CT molecular complexity index is 581. The summed E-state index contributed by atoms with van der Waals surface area (Å²) in [7, 11) is 0. The fourth-order valence-corrected chi connectivity index (χ4v) is 3.98. The molecule has 2 rings (SSSR count). The molecule has 1 nitrogen and oxygen atoms in total. The molecule has 0 bridgehead atoms. The topological polar surface area (TPSA) is 9.23 Å². The van der Waals surface area contributed by atoms with Gasteiger partial charge >= 0.3 is 0 Å². The highest BCUT2D eigenvalue weighted by molar-refractivity contribution is 9.11. The van der Waals surface area contributed by atoms with Gasteiger partial charge < -0.3 is 4.74 Å². The first-order valence-corrected chi connectivity index (χ1v) is 8.52. The molecule has 0 N–H and O–H groups in total. The van der Waals surface area contributed by atoms with E-state index in [-0.39, 0.29) is 4.83 Å². The Morgan fingerprint density at radius 1 is 1.05 bits per heavy atom. The number of halogens is 2. The lowest BCUT2D eigenvalue weighted by Gasteiger charge is -2.17. The van der Waals surface area contributed by atoms with Crippen molar-refractivity contribution >= 4 is 31.9 Å². The molecule has 0 saturated carbocycles. The van der Waals surface area contributed by atoms with Crippen LogP contribution in [0.5, 0.6) is 5.75 Å². The zero-order valence-corrected chi connectivity index (χ0v) is 14.9. The maximum atomic E-state index is 5.53. The van der Waals surface area contributed by atoms with Crippen molar-refractivity contribution in [2.45, 2.75) is 25.1 Å². The second kappa shape index (κ2) is 7.28. The Kier molecular flexibility index (Phi) is 5.67. The molecular formula is C17H18Br2O. The van der Waals surface area contributed by atoms with Gasteiger partial charge in [-0.25, -0.2) is 0 Å². The van der Waals surface area contributed by atoms with Crippen LogP contribution in [0.15, 0.2) is 46.9 Å². The van der Waals surface area contributed by atoms with Gasteiger partial charge in [-0.1, -0.05) is 69.1 Å². The van der Waals surface area contributed by atoms with Crippen LogP contribution in [0.4, 0.5) is 0 Å². The zero-order valence-electron chi connectivity index (χ0n) is 11.7. The van der Waals surface area contributed by atoms with Gasteiger partial charge in [0.1, 0.15) is 5.75 Å². The van der Waals surface area contributed by atoms with Crippen LogP contribution in [-0.4, -0.2) is 6.61 Å². The summed E-state index contributed by atoms with van der Waals surface area (Å²) in [5, 5.41) is 0. The molecule has 2 aromatic rings. The van der Waals surface area contributed by atoms with Crippen molar-refractivity contribution in [3.05, 3.63) is 63.6 Å². The van der Waals surface area contributed by atoms with E-state index in [4.69, 9.17) is 4.74 Å².